The van der Waals surface area contributed by atoms with Crippen molar-refractivity contribution in [3.8, 4) is 11.4 Å². The van der Waals surface area contributed by atoms with E-state index in [4.69, 9.17) is 0 Å². The Bertz CT molecular complexity index is 807. The van der Waals surface area contributed by atoms with Gasteiger partial charge in [0.25, 0.3) is 0 Å². The highest BCUT2D eigenvalue weighted by molar-refractivity contribution is 9.10. The lowest BCUT2D eigenvalue weighted by molar-refractivity contribution is 0.620. The molecule has 0 amide bonds. The van der Waals surface area contributed by atoms with Crippen molar-refractivity contribution in [2.45, 2.75) is 10.9 Å². The van der Waals surface area contributed by atoms with Crippen LogP contribution in [0, 0.1) is 11.6 Å². The summed E-state index contributed by atoms with van der Waals surface area (Å²) < 4.78 is 27.3. The molecule has 0 aliphatic carbocycles. The topological polar surface area (TPSA) is 41.6 Å². The second-order valence-electron chi connectivity index (χ2n) is 4.48. The van der Waals surface area contributed by atoms with Gasteiger partial charge < -0.3 is 0 Å². The maximum atomic E-state index is 13.7. The lowest BCUT2D eigenvalue weighted by Crippen LogP contribution is -1.86. The van der Waals surface area contributed by atoms with E-state index in [0.717, 1.165) is 5.56 Å². The third-order valence-corrected chi connectivity index (χ3v) is 4.47. The van der Waals surface area contributed by atoms with Gasteiger partial charge in [-0.15, -0.1) is 5.10 Å². The van der Waals surface area contributed by atoms with E-state index >= 15 is 0 Å². The van der Waals surface area contributed by atoms with E-state index in [0.29, 0.717) is 26.8 Å². The standard InChI is InChI=1S/C15H10BrF2N3S/c16-11-7-9(5-6-13(11)18)8-22-15-19-14(20-21-15)10-3-1-2-4-12(10)17/h1-7H,8H2,(H,19,20,21). The molecule has 3 nitrogen and oxygen atoms in total. The molecule has 0 radical (unpaired) electrons. The number of nitrogens with one attached hydrogen (secondary N) is 1. The van der Waals surface area contributed by atoms with Crippen LogP contribution in [0.1, 0.15) is 5.56 Å². The van der Waals surface area contributed by atoms with Crippen LogP contribution in [-0.4, -0.2) is 15.2 Å². The first-order chi connectivity index (χ1) is 10.6. The molecule has 112 valence electrons. The third-order valence-electron chi connectivity index (χ3n) is 2.95. The number of hydrogen-bond acceptors (Lipinski definition) is 3. The molecule has 0 fully saturated rings. The predicted octanol–water partition coefficient (Wildman–Crippen LogP) is 4.80. The Balaban J connectivity index is 1.72. The van der Waals surface area contributed by atoms with Crippen LogP contribution in [0.3, 0.4) is 0 Å². The summed E-state index contributed by atoms with van der Waals surface area (Å²) in [6.07, 6.45) is 0. The smallest absolute Gasteiger partial charge is 0.209 e. The summed E-state index contributed by atoms with van der Waals surface area (Å²) >= 11 is 4.54. The van der Waals surface area contributed by atoms with Crippen molar-refractivity contribution in [1.29, 1.82) is 0 Å². The van der Waals surface area contributed by atoms with Gasteiger partial charge in [-0.2, -0.15) is 0 Å². The Labute approximate surface area is 138 Å². The molecule has 0 bridgehead atoms. The minimum absolute atomic E-state index is 0.298. The van der Waals surface area contributed by atoms with E-state index < -0.39 is 0 Å². The molecule has 0 saturated heterocycles. The lowest BCUT2D eigenvalue weighted by atomic mass is 10.2. The van der Waals surface area contributed by atoms with Gasteiger partial charge in [-0.1, -0.05) is 30.0 Å². The molecule has 22 heavy (non-hydrogen) atoms. The first-order valence-electron chi connectivity index (χ1n) is 6.37. The van der Waals surface area contributed by atoms with Crippen molar-refractivity contribution in [3.05, 3.63) is 64.1 Å². The van der Waals surface area contributed by atoms with Gasteiger partial charge in [-0.05, 0) is 45.8 Å². The Morgan fingerprint density at radius 1 is 1.09 bits per heavy atom. The number of rotatable bonds is 4. The average Bonchev–Trinajstić information content (AvgIpc) is 2.98. The number of aromatic amines is 1. The van der Waals surface area contributed by atoms with Crippen molar-refractivity contribution >= 4 is 27.7 Å². The fourth-order valence-corrected chi connectivity index (χ4v) is 3.03. The van der Waals surface area contributed by atoms with E-state index in [1.54, 1.807) is 30.3 Å². The molecule has 0 spiro atoms. The summed E-state index contributed by atoms with van der Waals surface area (Å²) in [5, 5.41) is 7.30. The number of benzene rings is 2. The minimum atomic E-state index is -0.349. The van der Waals surface area contributed by atoms with Crippen molar-refractivity contribution < 1.29 is 8.78 Å². The number of thioether (sulfide) groups is 1. The van der Waals surface area contributed by atoms with Gasteiger partial charge in [0, 0.05) is 5.75 Å². The predicted molar refractivity (Wildman–Crippen MR) is 85.4 cm³/mol. The molecule has 0 atom stereocenters. The number of halogens is 3. The van der Waals surface area contributed by atoms with Crippen LogP contribution >= 0.6 is 27.7 Å². The van der Waals surface area contributed by atoms with Gasteiger partial charge in [0.2, 0.25) is 5.16 Å². The second-order valence-corrected chi connectivity index (χ2v) is 6.28. The van der Waals surface area contributed by atoms with Gasteiger partial charge in [-0.25, -0.2) is 13.8 Å². The fraction of sp³-hybridized carbons (Fsp3) is 0.0667. The summed E-state index contributed by atoms with van der Waals surface area (Å²) in [6.45, 7) is 0. The third kappa shape index (κ3) is 3.36. The molecule has 0 aliphatic rings. The largest absolute Gasteiger partial charge is 0.258 e. The van der Waals surface area contributed by atoms with Crippen LogP contribution in [0.25, 0.3) is 11.4 Å². The SMILES string of the molecule is Fc1ccc(CSc2n[nH]c(-c3ccccc3F)n2)cc1Br. The Morgan fingerprint density at radius 2 is 1.91 bits per heavy atom. The molecule has 1 aromatic heterocycles. The highest BCUT2D eigenvalue weighted by Gasteiger charge is 2.10. The number of hydrogen-bond donors (Lipinski definition) is 1. The molecule has 1 heterocycles. The highest BCUT2D eigenvalue weighted by atomic mass is 79.9. The van der Waals surface area contributed by atoms with Gasteiger partial charge in [0.15, 0.2) is 5.82 Å². The van der Waals surface area contributed by atoms with E-state index in [1.807, 2.05) is 0 Å². The summed E-state index contributed by atoms with van der Waals surface area (Å²) in [6, 6.07) is 11.2. The first-order valence-corrected chi connectivity index (χ1v) is 8.15. The maximum absolute atomic E-state index is 13.7. The molecule has 1 N–H and O–H groups in total. The van der Waals surface area contributed by atoms with Crippen molar-refractivity contribution in [3.63, 3.8) is 0 Å². The van der Waals surface area contributed by atoms with Crippen LogP contribution in [0.4, 0.5) is 8.78 Å². The average molecular weight is 382 g/mol. The molecule has 0 saturated carbocycles. The number of H-pyrrole nitrogens is 1. The molecule has 3 rings (SSSR count). The molecule has 7 heteroatoms. The molecule has 2 aromatic carbocycles. The van der Waals surface area contributed by atoms with Gasteiger partial charge in [0.05, 0.1) is 10.0 Å². The fourth-order valence-electron chi connectivity index (χ4n) is 1.86. The molecule has 3 aromatic rings. The summed E-state index contributed by atoms with van der Waals surface area (Å²) in [5.74, 6) is 0.333. The zero-order valence-electron chi connectivity index (χ0n) is 11.2. The Hall–Kier alpha value is -1.73. The molecule has 0 aliphatic heterocycles. The highest BCUT2D eigenvalue weighted by Crippen LogP contribution is 2.25. The van der Waals surface area contributed by atoms with Crippen LogP contribution in [0.15, 0.2) is 52.1 Å². The molecular weight excluding hydrogens is 372 g/mol. The van der Waals surface area contributed by atoms with E-state index in [2.05, 4.69) is 31.1 Å². The van der Waals surface area contributed by atoms with Crippen molar-refractivity contribution in [2.75, 3.05) is 0 Å². The van der Waals surface area contributed by atoms with Crippen LogP contribution in [-0.2, 0) is 5.75 Å². The van der Waals surface area contributed by atoms with E-state index in [-0.39, 0.29) is 11.6 Å². The normalized spacial score (nSPS) is 10.9. The zero-order chi connectivity index (χ0) is 15.5. The quantitative estimate of drug-likeness (QED) is 0.659. The van der Waals surface area contributed by atoms with Crippen molar-refractivity contribution in [1.82, 2.24) is 15.2 Å². The molecule has 0 unspecified atom stereocenters. The summed E-state index contributed by atoms with van der Waals surface area (Å²) in [4.78, 5) is 4.27. The zero-order valence-corrected chi connectivity index (χ0v) is 13.6. The lowest BCUT2D eigenvalue weighted by Gasteiger charge is -2.00. The maximum Gasteiger partial charge on any atom is 0.209 e. The van der Waals surface area contributed by atoms with E-state index in [1.165, 1.54) is 23.9 Å². The van der Waals surface area contributed by atoms with Crippen LogP contribution in [0.2, 0.25) is 0 Å². The van der Waals surface area contributed by atoms with Gasteiger partial charge in [0.1, 0.15) is 11.6 Å². The minimum Gasteiger partial charge on any atom is -0.258 e. The monoisotopic (exact) mass is 381 g/mol. The first kappa shape index (κ1) is 15.2. The van der Waals surface area contributed by atoms with Crippen LogP contribution < -0.4 is 0 Å². The van der Waals surface area contributed by atoms with E-state index in [9.17, 15) is 8.78 Å². The molecular formula is C15H10BrF2N3S. The second kappa shape index (κ2) is 6.58. The number of nitrogens with zero attached hydrogens (tertiary/aromatic N) is 2. The van der Waals surface area contributed by atoms with Gasteiger partial charge >= 0.3 is 0 Å². The van der Waals surface area contributed by atoms with Crippen LogP contribution in [0.5, 0.6) is 0 Å². The van der Waals surface area contributed by atoms with Gasteiger partial charge in [-0.3, -0.25) is 5.10 Å². The Kier molecular flexibility index (Phi) is 4.54. The number of aromatic nitrogens is 3. The van der Waals surface area contributed by atoms with Crippen molar-refractivity contribution in [2.24, 2.45) is 0 Å². The summed E-state index contributed by atoms with van der Waals surface area (Å²) in [7, 11) is 0. The summed E-state index contributed by atoms with van der Waals surface area (Å²) in [5.41, 5.74) is 1.32. The Morgan fingerprint density at radius 3 is 2.68 bits per heavy atom.